The summed E-state index contributed by atoms with van der Waals surface area (Å²) in [6.45, 7) is 5.82. The summed E-state index contributed by atoms with van der Waals surface area (Å²) in [5.41, 5.74) is 0.693. The highest BCUT2D eigenvalue weighted by Crippen LogP contribution is 2.27. The topological polar surface area (TPSA) is 83.6 Å². The molecule has 0 spiro atoms. The van der Waals surface area contributed by atoms with Crippen LogP contribution in [0, 0.1) is 6.92 Å². The van der Waals surface area contributed by atoms with Gasteiger partial charge in [0.05, 0.1) is 15.6 Å². The van der Waals surface area contributed by atoms with Gasteiger partial charge in [0, 0.05) is 13.1 Å². The zero-order chi connectivity index (χ0) is 19.5. The van der Waals surface area contributed by atoms with Crippen LogP contribution in [0.5, 0.6) is 0 Å². The number of aryl methyl sites for hydroxylation is 1. The Kier molecular flexibility index (Phi) is 6.33. The van der Waals surface area contributed by atoms with Gasteiger partial charge in [0.1, 0.15) is 4.90 Å². The van der Waals surface area contributed by atoms with E-state index >= 15 is 0 Å². The first kappa shape index (κ1) is 20.7. The van der Waals surface area contributed by atoms with Gasteiger partial charge in [0.25, 0.3) is 10.0 Å². The van der Waals surface area contributed by atoms with Gasteiger partial charge in [-0.15, -0.1) is 0 Å². The number of rotatable bonds is 7. The molecule has 0 amide bonds. The molecule has 2 aromatic carbocycles. The Labute approximate surface area is 159 Å². The zero-order valence-electron chi connectivity index (χ0n) is 14.7. The third-order valence-corrected chi connectivity index (χ3v) is 7.96. The normalized spacial score (nSPS) is 12.3. The summed E-state index contributed by atoms with van der Waals surface area (Å²) >= 11 is 5.96. The van der Waals surface area contributed by atoms with Crippen molar-refractivity contribution in [3.05, 3.63) is 53.1 Å². The maximum absolute atomic E-state index is 12.8. The summed E-state index contributed by atoms with van der Waals surface area (Å²) < 4.78 is 54.4. The molecule has 0 bridgehead atoms. The second-order valence-corrected chi connectivity index (χ2v) is 9.57. The Morgan fingerprint density at radius 2 is 1.58 bits per heavy atom. The van der Waals surface area contributed by atoms with E-state index in [4.69, 9.17) is 11.6 Å². The van der Waals surface area contributed by atoms with Gasteiger partial charge in [0.15, 0.2) is 0 Å². The van der Waals surface area contributed by atoms with Crippen LogP contribution in [0.15, 0.2) is 52.3 Å². The minimum atomic E-state index is -3.94. The average Bonchev–Trinajstić information content (AvgIpc) is 2.57. The first-order valence-electron chi connectivity index (χ1n) is 8.01. The number of nitrogens with one attached hydrogen (secondary N) is 1. The third kappa shape index (κ3) is 4.20. The Morgan fingerprint density at radius 3 is 2.15 bits per heavy atom. The van der Waals surface area contributed by atoms with Gasteiger partial charge in [-0.3, -0.25) is 4.72 Å². The maximum Gasteiger partial charge on any atom is 0.263 e. The number of hydrogen-bond donors (Lipinski definition) is 1. The van der Waals surface area contributed by atoms with Crippen LogP contribution in [-0.4, -0.2) is 34.2 Å². The molecule has 0 aliphatic heterocycles. The molecular weight excluding hydrogens is 396 g/mol. The lowest BCUT2D eigenvalue weighted by molar-refractivity contribution is 0.445. The highest BCUT2D eigenvalue weighted by Gasteiger charge is 2.25. The Morgan fingerprint density at radius 1 is 0.962 bits per heavy atom. The van der Waals surface area contributed by atoms with E-state index < -0.39 is 20.0 Å². The fraction of sp³-hybridized carbons (Fsp3) is 0.294. The Balaban J connectivity index is 2.47. The summed E-state index contributed by atoms with van der Waals surface area (Å²) in [5, 5.41) is 0.0862. The lowest BCUT2D eigenvalue weighted by Crippen LogP contribution is -2.31. The van der Waals surface area contributed by atoms with Crippen molar-refractivity contribution < 1.29 is 16.8 Å². The summed E-state index contributed by atoms with van der Waals surface area (Å²) in [7, 11) is -7.65. The standard InChI is InChI=1S/C17H21ClN2O4S2/c1-4-20(5-2)26(23,24)17-12-14(11-10-13(17)3)19-25(21,22)16-9-7-6-8-15(16)18/h6-12,19H,4-5H2,1-3H3. The minimum absolute atomic E-state index is 0.0700. The van der Waals surface area contributed by atoms with Gasteiger partial charge in [-0.25, -0.2) is 16.8 Å². The molecule has 0 heterocycles. The van der Waals surface area contributed by atoms with Crippen LogP contribution in [0.3, 0.4) is 0 Å². The third-order valence-electron chi connectivity index (χ3n) is 3.89. The summed E-state index contributed by atoms with van der Waals surface area (Å²) in [6.07, 6.45) is 0. The summed E-state index contributed by atoms with van der Waals surface area (Å²) in [5.74, 6) is 0. The van der Waals surface area contributed by atoms with Gasteiger partial charge < -0.3 is 0 Å². The quantitative estimate of drug-likeness (QED) is 0.748. The van der Waals surface area contributed by atoms with E-state index in [0.29, 0.717) is 18.7 Å². The predicted molar refractivity (Wildman–Crippen MR) is 104 cm³/mol. The largest absolute Gasteiger partial charge is 0.280 e. The van der Waals surface area contributed by atoms with E-state index in [0.717, 1.165) is 0 Å². The molecule has 2 aromatic rings. The fourth-order valence-electron chi connectivity index (χ4n) is 2.52. The molecule has 0 aliphatic carbocycles. The van der Waals surface area contributed by atoms with Crippen LogP contribution in [0.2, 0.25) is 5.02 Å². The molecular formula is C17H21ClN2O4S2. The van der Waals surface area contributed by atoms with Gasteiger partial charge in [0.2, 0.25) is 10.0 Å². The fourth-order valence-corrected chi connectivity index (χ4v) is 5.80. The highest BCUT2D eigenvalue weighted by molar-refractivity contribution is 7.92. The van der Waals surface area contributed by atoms with Crippen molar-refractivity contribution in [3.63, 3.8) is 0 Å². The predicted octanol–water partition coefficient (Wildman–Crippen LogP) is 3.48. The number of sulfonamides is 2. The molecule has 0 radical (unpaired) electrons. The van der Waals surface area contributed by atoms with E-state index in [1.54, 1.807) is 39.0 Å². The van der Waals surface area contributed by atoms with E-state index in [1.165, 1.54) is 28.6 Å². The van der Waals surface area contributed by atoms with Crippen molar-refractivity contribution in [1.29, 1.82) is 0 Å². The van der Waals surface area contributed by atoms with Crippen molar-refractivity contribution in [2.75, 3.05) is 17.8 Å². The second kappa shape index (κ2) is 7.96. The van der Waals surface area contributed by atoms with Crippen molar-refractivity contribution in [2.24, 2.45) is 0 Å². The molecule has 0 unspecified atom stereocenters. The first-order valence-corrected chi connectivity index (χ1v) is 11.3. The molecule has 0 aliphatic rings. The zero-order valence-corrected chi connectivity index (χ0v) is 17.1. The lowest BCUT2D eigenvalue weighted by Gasteiger charge is -2.20. The first-order chi connectivity index (χ1) is 12.1. The monoisotopic (exact) mass is 416 g/mol. The Bertz CT molecular complexity index is 1000. The smallest absolute Gasteiger partial charge is 0.263 e. The molecule has 0 fully saturated rings. The van der Waals surface area contributed by atoms with Crippen LogP contribution in [0.1, 0.15) is 19.4 Å². The average molecular weight is 417 g/mol. The Hall–Kier alpha value is -1.61. The minimum Gasteiger partial charge on any atom is -0.280 e. The van der Waals surface area contributed by atoms with Gasteiger partial charge in [-0.05, 0) is 36.8 Å². The van der Waals surface area contributed by atoms with E-state index in [9.17, 15) is 16.8 Å². The van der Waals surface area contributed by atoms with Gasteiger partial charge in [-0.2, -0.15) is 4.31 Å². The van der Waals surface area contributed by atoms with Crippen LogP contribution in [0.25, 0.3) is 0 Å². The SMILES string of the molecule is CCN(CC)S(=O)(=O)c1cc(NS(=O)(=O)c2ccccc2Cl)ccc1C. The second-order valence-electron chi connectivity index (χ2n) is 5.61. The maximum atomic E-state index is 12.8. The molecule has 2 rings (SSSR count). The molecule has 0 saturated carbocycles. The van der Waals surface area contributed by atoms with E-state index in [1.807, 2.05) is 0 Å². The summed E-state index contributed by atoms with van der Waals surface area (Å²) in [4.78, 5) is -0.00375. The van der Waals surface area contributed by atoms with Crippen LogP contribution in [-0.2, 0) is 20.0 Å². The molecule has 0 atom stereocenters. The highest BCUT2D eigenvalue weighted by atomic mass is 35.5. The van der Waals surface area contributed by atoms with Gasteiger partial charge in [-0.1, -0.05) is 43.6 Å². The number of nitrogens with zero attached hydrogens (tertiary/aromatic N) is 1. The molecule has 26 heavy (non-hydrogen) atoms. The molecule has 142 valence electrons. The number of benzene rings is 2. The lowest BCUT2D eigenvalue weighted by atomic mass is 10.2. The van der Waals surface area contributed by atoms with Gasteiger partial charge >= 0.3 is 0 Å². The summed E-state index contributed by atoms with van der Waals surface area (Å²) in [6, 6.07) is 10.5. The van der Waals surface area contributed by atoms with Crippen molar-refractivity contribution in [3.8, 4) is 0 Å². The van der Waals surface area contributed by atoms with Crippen LogP contribution < -0.4 is 4.72 Å². The number of halogens is 1. The van der Waals surface area contributed by atoms with Crippen LogP contribution in [0.4, 0.5) is 5.69 Å². The molecule has 9 heteroatoms. The molecule has 6 nitrogen and oxygen atoms in total. The van der Waals surface area contributed by atoms with Crippen molar-refractivity contribution in [2.45, 2.75) is 30.6 Å². The van der Waals surface area contributed by atoms with E-state index in [2.05, 4.69) is 4.72 Å². The molecule has 0 aromatic heterocycles. The van der Waals surface area contributed by atoms with E-state index in [-0.39, 0.29) is 20.5 Å². The number of anilines is 1. The molecule has 1 N–H and O–H groups in total. The number of hydrogen-bond acceptors (Lipinski definition) is 4. The van der Waals surface area contributed by atoms with Crippen molar-refractivity contribution in [1.82, 2.24) is 4.31 Å². The van der Waals surface area contributed by atoms with Crippen molar-refractivity contribution >= 4 is 37.3 Å². The van der Waals surface area contributed by atoms with Crippen LogP contribution >= 0.6 is 11.6 Å². The molecule has 0 saturated heterocycles.